The second kappa shape index (κ2) is 8.36. The summed E-state index contributed by atoms with van der Waals surface area (Å²) in [6.45, 7) is 0.909. The van der Waals surface area contributed by atoms with E-state index in [0.717, 1.165) is 22.6 Å². The first kappa shape index (κ1) is 16.3. The zero-order chi connectivity index (χ0) is 16.5. The van der Waals surface area contributed by atoms with E-state index in [2.05, 4.69) is 18.0 Å². The number of benzene rings is 2. The van der Waals surface area contributed by atoms with E-state index in [-0.39, 0.29) is 0 Å². The lowest BCUT2D eigenvalue weighted by Gasteiger charge is -2.12. The topological polar surface area (TPSA) is 45.5 Å². The van der Waals surface area contributed by atoms with Gasteiger partial charge < -0.3 is 9.47 Å². The molecule has 23 heavy (non-hydrogen) atoms. The Labute approximate surface area is 136 Å². The van der Waals surface area contributed by atoms with Gasteiger partial charge in [-0.2, -0.15) is 5.26 Å². The Bertz CT molecular complexity index is 719. The third-order valence-corrected chi connectivity index (χ3v) is 3.27. The van der Waals surface area contributed by atoms with Gasteiger partial charge in [-0.1, -0.05) is 24.0 Å². The number of rotatable bonds is 5. The largest absolute Gasteiger partial charge is 0.497 e. The summed E-state index contributed by atoms with van der Waals surface area (Å²) in [6, 6.07) is 15.2. The maximum atomic E-state index is 9.22. The number of ether oxygens (including phenoxy) is 2. The molecule has 0 saturated heterocycles. The smallest absolute Gasteiger partial charge is 0.180 e. The van der Waals surface area contributed by atoms with E-state index in [1.165, 1.54) is 0 Å². The molecule has 0 spiro atoms. The lowest BCUT2D eigenvalue weighted by atomic mass is 10.2. The summed E-state index contributed by atoms with van der Waals surface area (Å²) in [5.74, 6) is 7.67. The standard InChI is InChI=1S/C19H18N2O2/c1-22-18-9-5-16(6-10-18)4-3-13-21(15-20)14-17-7-11-19(23-2)12-8-17/h5-12H,13-14H2,1-2H3. The summed E-state index contributed by atoms with van der Waals surface area (Å²) in [5.41, 5.74) is 1.94. The van der Waals surface area contributed by atoms with Crippen molar-refractivity contribution < 1.29 is 9.47 Å². The third kappa shape index (κ3) is 4.98. The Morgan fingerprint density at radius 1 is 0.913 bits per heavy atom. The molecule has 0 bridgehead atoms. The van der Waals surface area contributed by atoms with Crippen LogP contribution in [0.1, 0.15) is 11.1 Å². The normalized spacial score (nSPS) is 9.26. The number of nitrogens with zero attached hydrogens (tertiary/aromatic N) is 2. The Morgan fingerprint density at radius 3 is 2.00 bits per heavy atom. The third-order valence-electron chi connectivity index (χ3n) is 3.27. The highest BCUT2D eigenvalue weighted by Gasteiger charge is 2.02. The molecule has 0 heterocycles. The van der Waals surface area contributed by atoms with E-state index in [4.69, 9.17) is 9.47 Å². The van der Waals surface area contributed by atoms with Crippen LogP contribution in [0.4, 0.5) is 0 Å². The van der Waals surface area contributed by atoms with Gasteiger partial charge in [0, 0.05) is 5.56 Å². The van der Waals surface area contributed by atoms with Gasteiger partial charge in [-0.05, 0) is 42.0 Å². The van der Waals surface area contributed by atoms with E-state index in [9.17, 15) is 5.26 Å². The Morgan fingerprint density at radius 2 is 1.48 bits per heavy atom. The fourth-order valence-electron chi connectivity index (χ4n) is 1.99. The maximum absolute atomic E-state index is 9.22. The fraction of sp³-hybridized carbons (Fsp3) is 0.211. The molecular formula is C19H18N2O2. The molecule has 0 amide bonds. The van der Waals surface area contributed by atoms with Crippen molar-refractivity contribution in [2.75, 3.05) is 20.8 Å². The molecule has 4 nitrogen and oxygen atoms in total. The van der Waals surface area contributed by atoms with Crippen LogP contribution in [0.2, 0.25) is 0 Å². The lowest BCUT2D eigenvalue weighted by Crippen LogP contribution is -2.17. The Balaban J connectivity index is 1.94. The highest BCUT2D eigenvalue weighted by molar-refractivity contribution is 5.38. The van der Waals surface area contributed by atoms with Crippen molar-refractivity contribution in [3.8, 4) is 29.5 Å². The van der Waals surface area contributed by atoms with E-state index in [1.807, 2.05) is 48.5 Å². The molecule has 0 radical (unpaired) electrons. The van der Waals surface area contributed by atoms with Gasteiger partial charge in [0.15, 0.2) is 6.19 Å². The van der Waals surface area contributed by atoms with Gasteiger partial charge in [-0.3, -0.25) is 4.90 Å². The summed E-state index contributed by atoms with van der Waals surface area (Å²) in [6.07, 6.45) is 2.16. The molecule has 0 unspecified atom stereocenters. The SMILES string of the molecule is COc1ccc(C#CCN(C#N)Cc2ccc(OC)cc2)cc1. The number of methoxy groups -OCH3 is 2. The van der Waals surface area contributed by atoms with Crippen molar-refractivity contribution in [2.45, 2.75) is 6.54 Å². The molecule has 2 rings (SSSR count). The van der Waals surface area contributed by atoms with Crippen LogP contribution >= 0.6 is 0 Å². The molecule has 116 valence electrons. The van der Waals surface area contributed by atoms with E-state index >= 15 is 0 Å². The molecule has 0 fully saturated rings. The van der Waals surface area contributed by atoms with Crippen molar-refractivity contribution in [3.63, 3.8) is 0 Å². The molecule has 0 saturated carbocycles. The van der Waals surface area contributed by atoms with E-state index in [0.29, 0.717) is 13.1 Å². The number of hydrogen-bond donors (Lipinski definition) is 0. The summed E-state index contributed by atoms with van der Waals surface area (Å²) in [4.78, 5) is 1.61. The quantitative estimate of drug-likeness (QED) is 0.484. The molecule has 2 aromatic rings. The van der Waals surface area contributed by atoms with Crippen LogP contribution in [0.25, 0.3) is 0 Å². The zero-order valence-corrected chi connectivity index (χ0v) is 13.2. The van der Waals surface area contributed by atoms with Crippen LogP contribution in [0.5, 0.6) is 11.5 Å². The van der Waals surface area contributed by atoms with Gasteiger partial charge in [0.2, 0.25) is 0 Å². The molecule has 0 N–H and O–H groups in total. The molecule has 0 aliphatic carbocycles. The molecular weight excluding hydrogens is 288 g/mol. The zero-order valence-electron chi connectivity index (χ0n) is 13.2. The van der Waals surface area contributed by atoms with Gasteiger partial charge in [-0.25, -0.2) is 0 Å². The van der Waals surface area contributed by atoms with Crippen molar-refractivity contribution in [1.82, 2.24) is 4.90 Å². The van der Waals surface area contributed by atoms with Crippen molar-refractivity contribution in [2.24, 2.45) is 0 Å². The average Bonchev–Trinajstić information content (AvgIpc) is 2.62. The first-order valence-corrected chi connectivity index (χ1v) is 7.15. The minimum absolute atomic E-state index is 0.383. The van der Waals surface area contributed by atoms with Crippen molar-refractivity contribution >= 4 is 0 Å². The highest BCUT2D eigenvalue weighted by Crippen LogP contribution is 2.13. The van der Waals surface area contributed by atoms with Crippen LogP contribution < -0.4 is 9.47 Å². The molecule has 0 aromatic heterocycles. The molecule has 4 heteroatoms. The predicted octanol–water partition coefficient (Wildman–Crippen LogP) is 3.04. The Hall–Kier alpha value is -3.11. The molecule has 2 aromatic carbocycles. The second-order valence-corrected chi connectivity index (χ2v) is 4.83. The van der Waals surface area contributed by atoms with Crippen molar-refractivity contribution in [1.29, 1.82) is 5.26 Å². The fourth-order valence-corrected chi connectivity index (χ4v) is 1.99. The molecule has 0 aliphatic rings. The minimum atomic E-state index is 0.383. The van der Waals surface area contributed by atoms with Crippen molar-refractivity contribution in [3.05, 3.63) is 59.7 Å². The molecule has 0 atom stereocenters. The summed E-state index contributed by atoms with van der Waals surface area (Å²) >= 11 is 0. The molecule has 0 aliphatic heterocycles. The predicted molar refractivity (Wildman–Crippen MR) is 88.9 cm³/mol. The van der Waals surface area contributed by atoms with Gasteiger partial charge in [-0.15, -0.1) is 0 Å². The maximum Gasteiger partial charge on any atom is 0.180 e. The van der Waals surface area contributed by atoms with Crippen LogP contribution in [0.15, 0.2) is 48.5 Å². The average molecular weight is 306 g/mol. The van der Waals surface area contributed by atoms with E-state index < -0.39 is 0 Å². The minimum Gasteiger partial charge on any atom is -0.497 e. The monoisotopic (exact) mass is 306 g/mol. The first-order valence-electron chi connectivity index (χ1n) is 7.15. The Kier molecular flexibility index (Phi) is 5.91. The highest BCUT2D eigenvalue weighted by atomic mass is 16.5. The van der Waals surface area contributed by atoms with Gasteiger partial charge in [0.25, 0.3) is 0 Å². The summed E-state index contributed by atoms with van der Waals surface area (Å²) in [7, 11) is 3.26. The summed E-state index contributed by atoms with van der Waals surface area (Å²) < 4.78 is 10.2. The number of nitriles is 1. The van der Waals surface area contributed by atoms with E-state index in [1.54, 1.807) is 19.1 Å². The summed E-state index contributed by atoms with van der Waals surface area (Å²) in [5, 5.41) is 9.22. The van der Waals surface area contributed by atoms with Crippen LogP contribution in [-0.2, 0) is 6.54 Å². The first-order chi connectivity index (χ1) is 11.2. The lowest BCUT2D eigenvalue weighted by molar-refractivity contribution is 0.412. The second-order valence-electron chi connectivity index (χ2n) is 4.83. The number of hydrogen-bond acceptors (Lipinski definition) is 4. The van der Waals surface area contributed by atoms with Gasteiger partial charge >= 0.3 is 0 Å². The van der Waals surface area contributed by atoms with Crippen LogP contribution in [-0.4, -0.2) is 25.7 Å². The van der Waals surface area contributed by atoms with Gasteiger partial charge in [0.1, 0.15) is 11.5 Å². The van der Waals surface area contributed by atoms with Crippen LogP contribution in [0, 0.1) is 23.3 Å². The van der Waals surface area contributed by atoms with Crippen LogP contribution in [0.3, 0.4) is 0 Å². The van der Waals surface area contributed by atoms with Gasteiger partial charge in [0.05, 0.1) is 27.3 Å².